The SMILES string of the molecule is c1ccc(-c2cc(-c3ccc(-c4ccc5ccc6c(-c7cccnc7)c7ccccc7nc6c5n4)cc3)cc(-c3ccccn3)n2)nc1.c1ccc(-c2cc(-c3ccc(-c4ccc5ccc6c(-c7ccncc7)c7ccccc7nc6c5n4)cc3)cc(-c3ccccn3)n2)nc1. The Bertz CT molecular complexity index is 5430. The number of fused-ring (bicyclic) bond motifs is 8. The molecular weight excluding hydrogens is 1180 g/mol. The van der Waals surface area contributed by atoms with E-state index in [2.05, 4.69) is 206 Å². The summed E-state index contributed by atoms with van der Waals surface area (Å²) in [5.41, 5.74) is 24.3. The zero-order valence-corrected chi connectivity index (χ0v) is 51.4. The second-order valence-electron chi connectivity index (χ2n) is 23.2. The molecule has 12 heterocycles. The molecule has 0 saturated heterocycles. The lowest BCUT2D eigenvalue weighted by molar-refractivity contribution is 1.22. The predicted molar refractivity (Wildman–Crippen MR) is 386 cm³/mol. The van der Waals surface area contributed by atoms with E-state index in [1.807, 2.05) is 110 Å². The molecule has 0 fully saturated rings. The van der Waals surface area contributed by atoms with E-state index in [1.54, 1.807) is 31.0 Å². The lowest BCUT2D eigenvalue weighted by Gasteiger charge is -2.13. The van der Waals surface area contributed by atoms with Crippen molar-refractivity contribution in [3.05, 3.63) is 316 Å². The van der Waals surface area contributed by atoms with Crippen LogP contribution in [-0.2, 0) is 0 Å². The van der Waals surface area contributed by atoms with Crippen molar-refractivity contribution in [3.63, 3.8) is 0 Å². The first-order valence-electron chi connectivity index (χ1n) is 31.5. The number of hydrogen-bond donors (Lipinski definition) is 0. The number of benzene rings is 6. The Morgan fingerprint density at radius 1 is 0.188 bits per heavy atom. The smallest absolute Gasteiger partial charge is 0.0978 e. The van der Waals surface area contributed by atoms with Crippen LogP contribution in [-0.4, -0.2) is 59.8 Å². The molecule has 12 aromatic heterocycles. The minimum Gasteiger partial charge on any atom is -0.265 e. The van der Waals surface area contributed by atoms with Crippen LogP contribution < -0.4 is 0 Å². The second kappa shape index (κ2) is 24.7. The van der Waals surface area contributed by atoms with Crippen LogP contribution in [0, 0.1) is 0 Å². The topological polar surface area (TPSA) is 155 Å². The lowest BCUT2D eigenvalue weighted by Crippen LogP contribution is -1.94. The Balaban J connectivity index is 0.000000145. The molecule has 0 saturated carbocycles. The van der Waals surface area contributed by atoms with Gasteiger partial charge in [-0.1, -0.05) is 152 Å². The maximum absolute atomic E-state index is 5.22. The summed E-state index contributed by atoms with van der Waals surface area (Å²) in [6, 6.07) is 90.6. The summed E-state index contributed by atoms with van der Waals surface area (Å²) in [5.74, 6) is 0. The largest absolute Gasteiger partial charge is 0.265 e. The molecule has 6 aromatic carbocycles. The molecule has 0 unspecified atom stereocenters. The summed E-state index contributed by atoms with van der Waals surface area (Å²) >= 11 is 0. The van der Waals surface area contributed by atoms with E-state index in [9.17, 15) is 0 Å². The fraction of sp³-hybridized carbons (Fsp3) is 0. The molecule has 96 heavy (non-hydrogen) atoms. The van der Waals surface area contributed by atoms with Gasteiger partial charge in [0.25, 0.3) is 0 Å². The number of aromatic nitrogens is 12. The zero-order chi connectivity index (χ0) is 63.7. The van der Waals surface area contributed by atoms with Crippen LogP contribution in [0.3, 0.4) is 0 Å². The molecule has 12 nitrogen and oxygen atoms in total. The highest BCUT2D eigenvalue weighted by atomic mass is 14.8. The van der Waals surface area contributed by atoms with Gasteiger partial charge in [0, 0.05) is 110 Å². The van der Waals surface area contributed by atoms with Crippen molar-refractivity contribution in [2.75, 3.05) is 0 Å². The summed E-state index contributed by atoms with van der Waals surface area (Å²) in [7, 11) is 0. The third-order valence-electron chi connectivity index (χ3n) is 17.3. The molecule has 0 N–H and O–H groups in total. The van der Waals surface area contributed by atoms with Crippen LogP contribution in [0.15, 0.2) is 316 Å². The van der Waals surface area contributed by atoms with Gasteiger partial charge in [0.2, 0.25) is 0 Å². The van der Waals surface area contributed by atoms with Crippen molar-refractivity contribution >= 4 is 65.4 Å². The molecule has 18 aromatic rings. The minimum absolute atomic E-state index is 0.798. The monoisotopic (exact) mass is 1230 g/mol. The summed E-state index contributed by atoms with van der Waals surface area (Å²) < 4.78 is 0. The van der Waals surface area contributed by atoms with Crippen molar-refractivity contribution in [1.29, 1.82) is 0 Å². The third-order valence-corrected chi connectivity index (χ3v) is 17.3. The number of hydrogen-bond acceptors (Lipinski definition) is 12. The molecule has 0 aliphatic rings. The molecule has 448 valence electrons. The summed E-state index contributed by atoms with van der Waals surface area (Å²) in [6.07, 6.45) is 14.5. The molecule has 0 aliphatic heterocycles. The standard InChI is InChI=1S/2C42H26N6/c1-2-10-35-32(9-1)40(30-8-7-21-43-26-30)33-19-17-29-18-20-34(47-41(29)42(33)48-35)28-15-13-27(14-16-28)31-24-38(36-11-3-5-22-44-36)46-39(25-31)37-12-4-6-23-45-37;1-2-8-35-32(7-1)40(29-19-23-43-24-20-29)33-17-15-30-16-18-34(47-41(30)42(33)48-35)28-13-11-27(12-14-28)31-25-38(36-9-3-5-21-44-36)46-39(26-31)37-10-4-6-22-45-37/h2*1-26H. The Hall–Kier alpha value is -13.3. The normalized spacial score (nSPS) is 11.3. The van der Waals surface area contributed by atoms with Crippen LogP contribution in [0.5, 0.6) is 0 Å². The molecule has 0 amide bonds. The Morgan fingerprint density at radius 2 is 0.583 bits per heavy atom. The van der Waals surface area contributed by atoms with Gasteiger partial charge < -0.3 is 0 Å². The Morgan fingerprint density at radius 3 is 0.990 bits per heavy atom. The van der Waals surface area contributed by atoms with Crippen molar-refractivity contribution < 1.29 is 0 Å². The van der Waals surface area contributed by atoms with Crippen LogP contribution in [0.2, 0.25) is 0 Å². The first kappa shape index (κ1) is 56.6. The number of nitrogens with zero attached hydrogens (tertiary/aromatic N) is 12. The first-order valence-corrected chi connectivity index (χ1v) is 31.5. The zero-order valence-electron chi connectivity index (χ0n) is 51.4. The van der Waals surface area contributed by atoms with Gasteiger partial charge in [-0.2, -0.15) is 0 Å². The molecule has 0 aliphatic carbocycles. The fourth-order valence-corrected chi connectivity index (χ4v) is 12.7. The number of rotatable bonds is 10. The number of para-hydroxylation sites is 2. The van der Waals surface area contributed by atoms with Crippen LogP contribution >= 0.6 is 0 Å². The van der Waals surface area contributed by atoms with Gasteiger partial charge in [-0.3, -0.25) is 29.9 Å². The second-order valence-corrected chi connectivity index (χ2v) is 23.2. The van der Waals surface area contributed by atoms with E-state index in [0.717, 1.165) is 178 Å². The van der Waals surface area contributed by atoms with E-state index in [-0.39, 0.29) is 0 Å². The molecule has 0 atom stereocenters. The molecule has 12 heteroatoms. The van der Waals surface area contributed by atoms with E-state index in [1.165, 1.54) is 0 Å². The van der Waals surface area contributed by atoms with Crippen molar-refractivity contribution in [1.82, 2.24) is 59.8 Å². The summed E-state index contributed by atoms with van der Waals surface area (Å²) in [6.45, 7) is 0. The van der Waals surface area contributed by atoms with Gasteiger partial charge in [0.1, 0.15) is 0 Å². The van der Waals surface area contributed by atoms with E-state index < -0.39 is 0 Å². The Labute approximate surface area is 551 Å². The quantitative estimate of drug-likeness (QED) is 0.0945. The van der Waals surface area contributed by atoms with Gasteiger partial charge >= 0.3 is 0 Å². The van der Waals surface area contributed by atoms with Crippen molar-refractivity contribution in [3.8, 4) is 113 Å². The van der Waals surface area contributed by atoms with Crippen LogP contribution in [0.1, 0.15) is 0 Å². The van der Waals surface area contributed by atoms with Gasteiger partial charge in [0.15, 0.2) is 0 Å². The average molecular weight is 1230 g/mol. The molecule has 18 rings (SSSR count). The predicted octanol–water partition coefficient (Wildman–Crippen LogP) is 19.7. The molecular formula is C84H52N12. The number of pyridine rings is 12. The van der Waals surface area contributed by atoms with E-state index >= 15 is 0 Å². The molecule has 0 bridgehead atoms. The Kier molecular flexibility index (Phi) is 14.6. The average Bonchev–Trinajstić information content (AvgIpc) is 0.751. The van der Waals surface area contributed by atoms with Crippen molar-refractivity contribution in [2.24, 2.45) is 0 Å². The van der Waals surface area contributed by atoms with E-state index in [4.69, 9.17) is 29.9 Å². The van der Waals surface area contributed by atoms with Gasteiger partial charge in [-0.05, 0) is 143 Å². The molecule has 0 radical (unpaired) electrons. The van der Waals surface area contributed by atoms with Gasteiger partial charge in [-0.15, -0.1) is 0 Å². The first-order chi connectivity index (χ1) is 47.6. The summed E-state index contributed by atoms with van der Waals surface area (Å²) in [4.78, 5) is 57.5. The van der Waals surface area contributed by atoms with Crippen LogP contribution in [0.25, 0.3) is 178 Å². The lowest BCUT2D eigenvalue weighted by atomic mass is 9.95. The third kappa shape index (κ3) is 10.9. The van der Waals surface area contributed by atoms with Crippen LogP contribution in [0.4, 0.5) is 0 Å². The van der Waals surface area contributed by atoms with Gasteiger partial charge in [-0.25, -0.2) is 29.9 Å². The van der Waals surface area contributed by atoms with E-state index in [0.29, 0.717) is 0 Å². The fourth-order valence-electron chi connectivity index (χ4n) is 12.7. The highest BCUT2D eigenvalue weighted by Crippen LogP contribution is 2.41. The maximum Gasteiger partial charge on any atom is 0.0978 e. The van der Waals surface area contributed by atoms with Crippen molar-refractivity contribution in [2.45, 2.75) is 0 Å². The highest BCUT2D eigenvalue weighted by Gasteiger charge is 2.19. The molecule has 0 spiro atoms. The van der Waals surface area contributed by atoms with Gasteiger partial charge in [0.05, 0.1) is 90.0 Å². The highest BCUT2D eigenvalue weighted by molar-refractivity contribution is 6.17. The maximum atomic E-state index is 5.22. The summed E-state index contributed by atoms with van der Waals surface area (Å²) in [5, 5.41) is 6.42. The minimum atomic E-state index is 0.798.